The first-order valence-electron chi connectivity index (χ1n) is 8.19. The minimum atomic E-state index is 0.143. The van der Waals surface area contributed by atoms with E-state index in [0.29, 0.717) is 24.6 Å². The topological polar surface area (TPSA) is 87.4 Å². The van der Waals surface area contributed by atoms with Crippen molar-refractivity contribution < 1.29 is 9.32 Å². The molecule has 0 saturated carbocycles. The average molecular weight is 348 g/mol. The number of carbonyl (C=O) groups is 1. The number of hydrogen-bond donors (Lipinski definition) is 1. The molecule has 0 bridgehead atoms. The molecule has 4 heterocycles. The van der Waals surface area contributed by atoms with Crippen molar-refractivity contribution in [3.8, 4) is 0 Å². The number of carbonyl (C=O) groups excluding carboxylic acids is 1. The van der Waals surface area contributed by atoms with E-state index in [9.17, 15) is 4.79 Å². The normalized spacial score (nSPS) is 22.5. The van der Waals surface area contributed by atoms with Crippen LogP contribution >= 0.6 is 11.3 Å². The van der Waals surface area contributed by atoms with Crippen molar-refractivity contribution >= 4 is 22.4 Å². The molecule has 0 aromatic carbocycles. The summed E-state index contributed by atoms with van der Waals surface area (Å²) in [6.07, 6.45) is 2.02. The van der Waals surface area contributed by atoms with Crippen LogP contribution in [0.15, 0.2) is 9.90 Å². The van der Waals surface area contributed by atoms with E-state index in [4.69, 9.17) is 4.52 Å². The number of nitrogens with zero attached hydrogens (tertiary/aromatic N) is 5. The van der Waals surface area contributed by atoms with Crippen LogP contribution in [0.1, 0.15) is 36.3 Å². The molecule has 2 aliphatic rings. The summed E-state index contributed by atoms with van der Waals surface area (Å²) in [5.41, 5.74) is 0.861. The van der Waals surface area contributed by atoms with Gasteiger partial charge in [-0.2, -0.15) is 4.98 Å². The van der Waals surface area contributed by atoms with Crippen LogP contribution in [0.5, 0.6) is 0 Å². The molecule has 24 heavy (non-hydrogen) atoms. The number of aromatic nitrogens is 3. The first-order valence-corrected chi connectivity index (χ1v) is 9.07. The zero-order chi connectivity index (χ0) is 16.5. The second-order valence-corrected chi connectivity index (χ2v) is 7.03. The largest absolute Gasteiger partial charge is 0.339 e. The molecule has 0 radical (unpaired) electrons. The maximum atomic E-state index is 11.8. The molecule has 1 atom stereocenters. The van der Waals surface area contributed by atoms with Gasteiger partial charge >= 0.3 is 0 Å². The monoisotopic (exact) mass is 348 g/mol. The summed E-state index contributed by atoms with van der Waals surface area (Å²) in [7, 11) is 2.07. The zero-order valence-corrected chi connectivity index (χ0v) is 14.4. The molecule has 4 rings (SSSR count). The maximum absolute atomic E-state index is 11.8. The highest BCUT2D eigenvalue weighted by molar-refractivity contribution is 7.14. The molecule has 0 aliphatic carbocycles. The van der Waals surface area contributed by atoms with E-state index in [1.165, 1.54) is 11.3 Å². The van der Waals surface area contributed by atoms with Crippen molar-refractivity contribution in [2.24, 2.45) is 0 Å². The Kier molecular flexibility index (Phi) is 4.30. The Balaban J connectivity index is 1.44. The van der Waals surface area contributed by atoms with Gasteiger partial charge in [0.1, 0.15) is 0 Å². The van der Waals surface area contributed by atoms with Crippen LogP contribution < -0.4 is 10.2 Å². The van der Waals surface area contributed by atoms with Gasteiger partial charge in [0.2, 0.25) is 11.8 Å². The number of hydrogen-bond acceptors (Lipinski definition) is 8. The first kappa shape index (κ1) is 15.7. The summed E-state index contributed by atoms with van der Waals surface area (Å²) in [5.74, 6) is 1.43. The van der Waals surface area contributed by atoms with Crippen molar-refractivity contribution in [2.45, 2.75) is 25.3 Å². The van der Waals surface area contributed by atoms with Crippen LogP contribution in [0.2, 0.25) is 0 Å². The predicted molar refractivity (Wildman–Crippen MR) is 89.0 cm³/mol. The maximum Gasteiger partial charge on any atom is 0.232 e. The highest BCUT2D eigenvalue weighted by Gasteiger charge is 2.26. The van der Waals surface area contributed by atoms with Crippen LogP contribution in [-0.2, 0) is 11.2 Å². The molecule has 128 valence electrons. The third kappa shape index (κ3) is 3.06. The van der Waals surface area contributed by atoms with Gasteiger partial charge in [0.05, 0.1) is 18.2 Å². The molecule has 2 fully saturated rings. The first-order chi connectivity index (χ1) is 11.7. The molecule has 2 saturated heterocycles. The molecule has 2 aromatic rings. The summed E-state index contributed by atoms with van der Waals surface area (Å²) in [5, 5.41) is 10.2. The van der Waals surface area contributed by atoms with Crippen molar-refractivity contribution in [1.82, 2.24) is 25.3 Å². The smallest absolute Gasteiger partial charge is 0.232 e. The van der Waals surface area contributed by atoms with Gasteiger partial charge in [-0.25, -0.2) is 4.98 Å². The lowest BCUT2D eigenvalue weighted by Crippen LogP contribution is -2.44. The van der Waals surface area contributed by atoms with Crippen LogP contribution in [0.25, 0.3) is 0 Å². The van der Waals surface area contributed by atoms with Gasteiger partial charge in [-0.15, -0.1) is 11.3 Å². The van der Waals surface area contributed by atoms with E-state index < -0.39 is 0 Å². The SMILES string of the molecule is CN1CCNCC1c1noc(Cc2csc(N3CCCC3=O)n2)n1. The minimum Gasteiger partial charge on any atom is -0.339 e. The Bertz CT molecular complexity index is 729. The van der Waals surface area contributed by atoms with Crippen molar-refractivity contribution in [3.63, 3.8) is 0 Å². The molecule has 1 N–H and O–H groups in total. The molecular formula is C15H20N6O2S. The van der Waals surface area contributed by atoms with E-state index in [1.54, 1.807) is 4.90 Å². The number of likely N-dealkylation sites (N-methyl/N-ethyl adjacent to an activating group) is 1. The molecule has 9 heteroatoms. The van der Waals surface area contributed by atoms with Crippen LogP contribution in [0.4, 0.5) is 5.13 Å². The van der Waals surface area contributed by atoms with E-state index in [2.05, 4.69) is 32.4 Å². The van der Waals surface area contributed by atoms with Crippen molar-refractivity contribution in [3.05, 3.63) is 22.8 Å². The highest BCUT2D eigenvalue weighted by atomic mass is 32.1. The number of nitrogens with one attached hydrogen (secondary N) is 1. The molecular weight excluding hydrogens is 328 g/mol. The van der Waals surface area contributed by atoms with E-state index in [1.807, 2.05) is 5.38 Å². The molecule has 2 aliphatic heterocycles. The zero-order valence-electron chi connectivity index (χ0n) is 13.6. The Labute approximate surface area is 143 Å². The molecule has 8 nitrogen and oxygen atoms in total. The molecule has 2 aromatic heterocycles. The van der Waals surface area contributed by atoms with Crippen molar-refractivity contribution in [2.75, 3.05) is 38.1 Å². The minimum absolute atomic E-state index is 0.143. The molecule has 0 spiro atoms. The number of anilines is 1. The average Bonchev–Trinajstić information content (AvgIpc) is 3.29. The fraction of sp³-hybridized carbons (Fsp3) is 0.600. The van der Waals surface area contributed by atoms with Gasteiger partial charge < -0.3 is 9.84 Å². The fourth-order valence-electron chi connectivity index (χ4n) is 3.08. The Morgan fingerprint density at radius 2 is 2.33 bits per heavy atom. The van der Waals surface area contributed by atoms with Gasteiger partial charge in [-0.05, 0) is 13.5 Å². The number of piperazine rings is 1. The van der Waals surface area contributed by atoms with E-state index in [-0.39, 0.29) is 11.9 Å². The predicted octanol–water partition coefficient (Wildman–Crippen LogP) is 0.820. The highest BCUT2D eigenvalue weighted by Crippen LogP contribution is 2.26. The summed E-state index contributed by atoms with van der Waals surface area (Å²) >= 11 is 1.49. The van der Waals surface area contributed by atoms with Crippen molar-refractivity contribution in [1.29, 1.82) is 0 Å². The van der Waals surface area contributed by atoms with Crippen LogP contribution in [-0.4, -0.2) is 59.2 Å². The summed E-state index contributed by atoms with van der Waals surface area (Å²) < 4.78 is 5.39. The van der Waals surface area contributed by atoms with E-state index in [0.717, 1.165) is 43.4 Å². The Morgan fingerprint density at radius 3 is 3.12 bits per heavy atom. The Hall–Kier alpha value is -1.84. The number of rotatable bonds is 4. The van der Waals surface area contributed by atoms with Crippen LogP contribution in [0.3, 0.4) is 0 Å². The third-order valence-electron chi connectivity index (χ3n) is 4.47. The third-order valence-corrected chi connectivity index (χ3v) is 5.38. The van der Waals surface area contributed by atoms with Crippen LogP contribution in [0, 0.1) is 0 Å². The van der Waals surface area contributed by atoms with Gasteiger partial charge in [-0.3, -0.25) is 14.6 Å². The fourth-order valence-corrected chi connectivity index (χ4v) is 3.94. The lowest BCUT2D eigenvalue weighted by Gasteiger charge is -2.30. The second kappa shape index (κ2) is 6.58. The lowest BCUT2D eigenvalue weighted by atomic mass is 10.2. The summed E-state index contributed by atoms with van der Waals surface area (Å²) in [6.45, 7) is 3.54. The summed E-state index contributed by atoms with van der Waals surface area (Å²) in [6, 6.07) is 0.143. The second-order valence-electron chi connectivity index (χ2n) is 6.19. The molecule has 1 unspecified atom stereocenters. The Morgan fingerprint density at radius 1 is 1.42 bits per heavy atom. The lowest BCUT2D eigenvalue weighted by molar-refractivity contribution is -0.117. The number of thiazole rings is 1. The van der Waals surface area contributed by atoms with Gasteiger partial charge in [-0.1, -0.05) is 5.16 Å². The molecule has 1 amide bonds. The van der Waals surface area contributed by atoms with E-state index >= 15 is 0 Å². The summed E-state index contributed by atoms with van der Waals surface area (Å²) in [4.78, 5) is 24.9. The van der Waals surface area contributed by atoms with Gasteiger partial charge in [0.15, 0.2) is 11.0 Å². The standard InChI is InChI=1S/C15H20N6O2S/c1-20-6-4-16-8-11(20)14-18-12(23-19-14)7-10-9-24-15(17-10)21-5-2-3-13(21)22/h9,11,16H,2-8H2,1H3. The number of amides is 1. The quantitative estimate of drug-likeness (QED) is 0.875. The van der Waals surface area contributed by atoms with Gasteiger partial charge in [0, 0.05) is 38.0 Å². The van der Waals surface area contributed by atoms with Gasteiger partial charge in [0.25, 0.3) is 0 Å².